The highest BCUT2D eigenvalue weighted by Crippen LogP contribution is 2.41. The van der Waals surface area contributed by atoms with Gasteiger partial charge in [0, 0.05) is 11.1 Å². The second-order valence-electron chi connectivity index (χ2n) is 4.81. The van der Waals surface area contributed by atoms with E-state index in [9.17, 15) is 21.2 Å². The van der Waals surface area contributed by atoms with Gasteiger partial charge in [0.05, 0.1) is 22.1 Å². The van der Waals surface area contributed by atoms with Gasteiger partial charge in [-0.15, -0.1) is 0 Å². The molecule has 0 aliphatic carbocycles. The average Bonchev–Trinajstić information content (AvgIpc) is 2.47. The van der Waals surface area contributed by atoms with E-state index in [1.165, 1.54) is 13.2 Å². The van der Waals surface area contributed by atoms with E-state index in [1.807, 2.05) is 0 Å². The van der Waals surface area contributed by atoms with Crippen LogP contribution in [-0.2, 0) is 20.0 Å². The number of ether oxygens (including phenoxy) is 1. The second kappa shape index (κ2) is 6.71. The van der Waals surface area contributed by atoms with Crippen LogP contribution in [0.25, 0.3) is 11.1 Å². The SMILES string of the molecule is COc1cc(-c2ccc(S(N)(=O)=O)c(Cl)c2Cl)c(S(N)(=O)=O)cc1F. The van der Waals surface area contributed by atoms with Crippen molar-refractivity contribution in [1.82, 2.24) is 0 Å². The third-order valence-electron chi connectivity index (χ3n) is 3.20. The maximum Gasteiger partial charge on any atom is 0.239 e. The number of halogens is 3. The molecule has 2 aromatic carbocycles. The van der Waals surface area contributed by atoms with Crippen molar-refractivity contribution in [2.24, 2.45) is 10.3 Å². The largest absolute Gasteiger partial charge is 0.494 e. The topological polar surface area (TPSA) is 130 Å². The third-order valence-corrected chi connectivity index (χ3v) is 6.10. The summed E-state index contributed by atoms with van der Waals surface area (Å²) in [5.74, 6) is -1.23. The predicted molar refractivity (Wildman–Crippen MR) is 91.2 cm³/mol. The Morgan fingerprint density at radius 3 is 1.96 bits per heavy atom. The van der Waals surface area contributed by atoms with Gasteiger partial charge in [0.1, 0.15) is 4.90 Å². The lowest BCUT2D eigenvalue weighted by Gasteiger charge is -2.14. The van der Waals surface area contributed by atoms with Crippen LogP contribution in [-0.4, -0.2) is 23.9 Å². The van der Waals surface area contributed by atoms with Crippen LogP contribution in [0, 0.1) is 5.82 Å². The monoisotopic (exact) mass is 428 g/mol. The predicted octanol–water partition coefficient (Wildman–Crippen LogP) is 2.10. The zero-order valence-corrected chi connectivity index (χ0v) is 15.6. The number of nitrogens with two attached hydrogens (primary N) is 2. The lowest BCUT2D eigenvalue weighted by atomic mass is 10.0. The summed E-state index contributed by atoms with van der Waals surface area (Å²) in [5, 5.41) is 9.43. The number of primary sulfonamides is 2. The summed E-state index contributed by atoms with van der Waals surface area (Å²) >= 11 is 12.0. The zero-order chi connectivity index (χ0) is 19.2. The summed E-state index contributed by atoms with van der Waals surface area (Å²) in [5.41, 5.74) is -0.116. The average molecular weight is 429 g/mol. The van der Waals surface area contributed by atoms with Crippen molar-refractivity contribution in [3.8, 4) is 16.9 Å². The van der Waals surface area contributed by atoms with Gasteiger partial charge in [0.25, 0.3) is 0 Å². The molecule has 2 aromatic rings. The summed E-state index contributed by atoms with van der Waals surface area (Å²) in [6, 6.07) is 3.95. The van der Waals surface area contributed by atoms with E-state index in [0.29, 0.717) is 6.07 Å². The van der Waals surface area contributed by atoms with E-state index in [-0.39, 0.29) is 21.9 Å². The quantitative estimate of drug-likeness (QED) is 0.769. The second-order valence-corrected chi connectivity index (χ2v) is 8.63. The summed E-state index contributed by atoms with van der Waals surface area (Å²) in [7, 11) is -7.32. The molecule has 0 bridgehead atoms. The van der Waals surface area contributed by atoms with E-state index in [4.69, 9.17) is 38.2 Å². The van der Waals surface area contributed by atoms with Gasteiger partial charge in [-0.05, 0) is 18.2 Å². The Balaban J connectivity index is 2.89. The summed E-state index contributed by atoms with van der Waals surface area (Å²) in [4.78, 5) is -1.03. The molecule has 136 valence electrons. The van der Waals surface area contributed by atoms with Crippen LogP contribution in [0.4, 0.5) is 4.39 Å². The van der Waals surface area contributed by atoms with Crippen molar-refractivity contribution in [3.05, 3.63) is 40.1 Å². The van der Waals surface area contributed by atoms with Gasteiger partial charge >= 0.3 is 0 Å². The molecule has 0 saturated carbocycles. The molecule has 0 aromatic heterocycles. The molecule has 12 heteroatoms. The normalized spacial score (nSPS) is 12.2. The van der Waals surface area contributed by atoms with E-state index in [0.717, 1.165) is 12.1 Å². The first-order valence-corrected chi connectivity index (χ1v) is 10.1. The molecule has 0 heterocycles. The Bertz CT molecular complexity index is 1070. The highest BCUT2D eigenvalue weighted by atomic mass is 35.5. The lowest BCUT2D eigenvalue weighted by molar-refractivity contribution is 0.386. The highest BCUT2D eigenvalue weighted by molar-refractivity contribution is 7.89. The maximum atomic E-state index is 13.9. The van der Waals surface area contributed by atoms with E-state index in [2.05, 4.69) is 0 Å². The van der Waals surface area contributed by atoms with Crippen molar-refractivity contribution < 1.29 is 26.0 Å². The van der Waals surface area contributed by atoms with Gasteiger partial charge in [0.15, 0.2) is 11.6 Å². The van der Waals surface area contributed by atoms with Gasteiger partial charge in [-0.1, -0.05) is 29.3 Å². The van der Waals surface area contributed by atoms with Crippen molar-refractivity contribution in [2.45, 2.75) is 9.79 Å². The summed E-state index contributed by atoms with van der Waals surface area (Å²) < 4.78 is 65.2. The Morgan fingerprint density at radius 2 is 1.48 bits per heavy atom. The smallest absolute Gasteiger partial charge is 0.239 e. The van der Waals surface area contributed by atoms with E-state index in [1.54, 1.807) is 0 Å². The van der Waals surface area contributed by atoms with Gasteiger partial charge in [0.2, 0.25) is 20.0 Å². The fraction of sp³-hybridized carbons (Fsp3) is 0.0769. The van der Waals surface area contributed by atoms with Gasteiger partial charge in [-0.3, -0.25) is 0 Å². The molecule has 0 unspecified atom stereocenters. The lowest BCUT2D eigenvalue weighted by Crippen LogP contribution is -2.15. The molecule has 0 amide bonds. The molecule has 0 aliphatic rings. The number of methoxy groups -OCH3 is 1. The van der Waals surface area contributed by atoms with Gasteiger partial charge < -0.3 is 4.74 Å². The number of sulfonamides is 2. The molecule has 0 fully saturated rings. The first-order chi connectivity index (χ1) is 11.4. The molecule has 25 heavy (non-hydrogen) atoms. The number of rotatable bonds is 4. The minimum Gasteiger partial charge on any atom is -0.494 e. The third kappa shape index (κ3) is 3.89. The molecule has 0 aliphatic heterocycles. The van der Waals surface area contributed by atoms with Gasteiger partial charge in [-0.25, -0.2) is 31.5 Å². The van der Waals surface area contributed by atoms with Crippen LogP contribution in [0.1, 0.15) is 0 Å². The van der Waals surface area contributed by atoms with Crippen LogP contribution < -0.4 is 15.0 Å². The van der Waals surface area contributed by atoms with Crippen molar-refractivity contribution in [3.63, 3.8) is 0 Å². The fourth-order valence-corrected chi connectivity index (χ4v) is 4.26. The Labute approximate surface area is 153 Å². The molecule has 2 rings (SSSR count). The zero-order valence-electron chi connectivity index (χ0n) is 12.5. The molecule has 0 atom stereocenters. The Kier molecular flexibility index (Phi) is 5.34. The number of benzene rings is 2. The van der Waals surface area contributed by atoms with Crippen LogP contribution in [0.2, 0.25) is 10.0 Å². The molecule has 0 saturated heterocycles. The first-order valence-electron chi connectivity index (χ1n) is 6.29. The van der Waals surface area contributed by atoms with Crippen LogP contribution >= 0.6 is 23.2 Å². The highest BCUT2D eigenvalue weighted by Gasteiger charge is 2.24. The molecule has 4 N–H and O–H groups in total. The standard InChI is InChI=1S/C13H11Cl2FN2O5S2/c1-23-9-4-7(11(5-8(9)16)25(18,21)22)6-2-3-10(24(17,19)20)13(15)12(6)14/h2-5H,1H3,(H2,17,19,20)(H2,18,21,22). The van der Waals surface area contributed by atoms with Gasteiger partial charge in [-0.2, -0.15) is 0 Å². The van der Waals surface area contributed by atoms with E-state index >= 15 is 0 Å². The maximum absolute atomic E-state index is 13.9. The Hall–Kier alpha value is -1.43. The van der Waals surface area contributed by atoms with Crippen molar-refractivity contribution in [2.75, 3.05) is 7.11 Å². The molecular weight excluding hydrogens is 418 g/mol. The number of hydrogen-bond acceptors (Lipinski definition) is 5. The Morgan fingerprint density at radius 1 is 0.920 bits per heavy atom. The number of hydrogen-bond donors (Lipinski definition) is 2. The van der Waals surface area contributed by atoms with E-state index < -0.39 is 40.7 Å². The van der Waals surface area contributed by atoms with Crippen LogP contribution in [0.15, 0.2) is 34.1 Å². The molecule has 0 spiro atoms. The van der Waals surface area contributed by atoms with Crippen LogP contribution in [0.3, 0.4) is 0 Å². The molecule has 0 radical (unpaired) electrons. The molecular formula is C13H11Cl2FN2O5S2. The van der Waals surface area contributed by atoms with Crippen molar-refractivity contribution in [1.29, 1.82) is 0 Å². The minimum atomic E-state index is -4.34. The fourth-order valence-electron chi connectivity index (χ4n) is 2.10. The molecule has 7 nitrogen and oxygen atoms in total. The van der Waals surface area contributed by atoms with Crippen LogP contribution in [0.5, 0.6) is 5.75 Å². The first kappa shape index (κ1) is 19.9. The summed E-state index contributed by atoms with van der Waals surface area (Å²) in [6.07, 6.45) is 0. The minimum absolute atomic E-state index is 0.00129. The summed E-state index contributed by atoms with van der Waals surface area (Å²) in [6.45, 7) is 0. The van der Waals surface area contributed by atoms with Crippen molar-refractivity contribution >= 4 is 43.2 Å².